The van der Waals surface area contributed by atoms with Gasteiger partial charge in [0, 0.05) is 32.3 Å². The number of aryl methyl sites for hydroxylation is 2. The summed E-state index contributed by atoms with van der Waals surface area (Å²) in [5.41, 5.74) is 11.4. The van der Waals surface area contributed by atoms with Gasteiger partial charge in [0.25, 0.3) is 0 Å². The zero-order chi connectivity index (χ0) is 34.8. The minimum atomic E-state index is 0.435. The van der Waals surface area contributed by atoms with E-state index in [1.165, 1.54) is 0 Å². The standard InChI is InChI=1S/C46H26N4O2/c1-25-12-16-35-32(20-25)43-37(18-14-30-28-8-4-6-10-41(28)51-45(30)43)49(35)39-23-34(48-3)40(22-27(39)24-47)50-36-17-13-26(2)21-33(36)44-38(50)19-15-31-29-9-5-7-11-42(29)52-46(31)44/h4-23H,1-2H3. The van der Waals surface area contributed by atoms with Gasteiger partial charge >= 0.3 is 0 Å². The van der Waals surface area contributed by atoms with Crippen LogP contribution < -0.4 is 0 Å². The number of nitriles is 1. The lowest BCUT2D eigenvalue weighted by Gasteiger charge is -2.16. The Morgan fingerprint density at radius 2 is 1.04 bits per heavy atom. The Morgan fingerprint density at radius 1 is 0.538 bits per heavy atom. The number of furan rings is 2. The van der Waals surface area contributed by atoms with Crippen LogP contribution in [0.25, 0.3) is 104 Å². The van der Waals surface area contributed by atoms with Gasteiger partial charge in [-0.15, -0.1) is 0 Å². The molecule has 11 rings (SSSR count). The SMILES string of the molecule is [C-]#[N+]c1cc(-n2c3ccc(C)cc3c3c4oc5ccccc5c4ccc32)c(C#N)cc1-n1c2ccc(C)cc2c2c3oc4ccccc4c3ccc21. The van der Waals surface area contributed by atoms with E-state index >= 15 is 0 Å². The van der Waals surface area contributed by atoms with Crippen molar-refractivity contribution < 1.29 is 8.83 Å². The lowest BCUT2D eigenvalue weighted by molar-refractivity contribution is 0.672. The molecule has 0 atom stereocenters. The van der Waals surface area contributed by atoms with Crippen molar-refractivity contribution in [2.45, 2.75) is 13.8 Å². The smallest absolute Gasteiger partial charge is 0.212 e. The molecule has 6 nitrogen and oxygen atoms in total. The maximum Gasteiger partial charge on any atom is 0.212 e. The first kappa shape index (κ1) is 28.5. The first-order chi connectivity index (χ1) is 25.5. The summed E-state index contributed by atoms with van der Waals surface area (Å²) in [7, 11) is 0. The molecule has 0 unspecified atom stereocenters. The predicted molar refractivity (Wildman–Crippen MR) is 210 cm³/mol. The molecular formula is C46H26N4O2. The zero-order valence-electron chi connectivity index (χ0n) is 28.2. The minimum Gasteiger partial charge on any atom is -0.455 e. The van der Waals surface area contributed by atoms with Crippen LogP contribution in [0.15, 0.2) is 130 Å². The average molecular weight is 667 g/mol. The van der Waals surface area contributed by atoms with E-state index in [1.807, 2.05) is 48.5 Å². The summed E-state index contributed by atoms with van der Waals surface area (Å²) in [6, 6.07) is 43.6. The lowest BCUT2D eigenvalue weighted by atomic mass is 10.1. The lowest BCUT2D eigenvalue weighted by Crippen LogP contribution is -2.01. The van der Waals surface area contributed by atoms with E-state index in [9.17, 15) is 5.26 Å². The Kier molecular flexibility index (Phi) is 5.57. The maximum atomic E-state index is 10.9. The fraction of sp³-hybridized carbons (Fsp3) is 0.0435. The highest BCUT2D eigenvalue weighted by Gasteiger charge is 2.24. The Balaban J connectivity index is 1.23. The number of hydrogen-bond acceptors (Lipinski definition) is 3. The largest absolute Gasteiger partial charge is 0.455 e. The van der Waals surface area contributed by atoms with Gasteiger partial charge in [-0.1, -0.05) is 59.7 Å². The molecule has 0 spiro atoms. The monoisotopic (exact) mass is 666 g/mol. The summed E-state index contributed by atoms with van der Waals surface area (Å²) in [5, 5.41) is 19.1. The summed E-state index contributed by atoms with van der Waals surface area (Å²) >= 11 is 0. The van der Waals surface area contributed by atoms with Crippen molar-refractivity contribution in [2.75, 3.05) is 0 Å². The number of hydrogen-bond donors (Lipinski definition) is 0. The molecule has 7 aromatic carbocycles. The summed E-state index contributed by atoms with van der Waals surface area (Å²) in [4.78, 5) is 4.12. The van der Waals surface area contributed by atoms with E-state index in [1.54, 1.807) is 0 Å². The fourth-order valence-corrected chi connectivity index (χ4v) is 8.43. The Morgan fingerprint density at radius 3 is 1.56 bits per heavy atom. The normalized spacial score (nSPS) is 12.0. The van der Waals surface area contributed by atoms with Crippen molar-refractivity contribution in [3.8, 4) is 17.4 Å². The number of rotatable bonds is 2. The molecule has 4 aromatic heterocycles. The van der Waals surface area contributed by atoms with Gasteiger partial charge in [-0.05, 0) is 86.6 Å². The van der Waals surface area contributed by atoms with Gasteiger partial charge in [-0.2, -0.15) is 5.26 Å². The molecule has 11 aromatic rings. The van der Waals surface area contributed by atoms with Gasteiger partial charge in [0.05, 0.1) is 56.3 Å². The molecule has 242 valence electrons. The second-order valence-corrected chi connectivity index (χ2v) is 13.7. The van der Waals surface area contributed by atoms with E-state index < -0.39 is 0 Å². The molecule has 6 heteroatoms. The number of fused-ring (bicyclic) bond motifs is 14. The second-order valence-electron chi connectivity index (χ2n) is 13.7. The summed E-state index contributed by atoms with van der Waals surface area (Å²) in [6.07, 6.45) is 0. The minimum absolute atomic E-state index is 0.435. The molecule has 52 heavy (non-hydrogen) atoms. The van der Waals surface area contributed by atoms with Crippen LogP contribution in [0.3, 0.4) is 0 Å². The number of aromatic nitrogens is 2. The molecule has 0 bridgehead atoms. The molecular weight excluding hydrogens is 641 g/mol. The second kappa shape index (κ2) is 10.1. The predicted octanol–water partition coefficient (Wildman–Crippen LogP) is 12.7. The van der Waals surface area contributed by atoms with Gasteiger partial charge < -0.3 is 18.0 Å². The summed E-state index contributed by atoms with van der Waals surface area (Å²) in [5.74, 6) is 0. The van der Waals surface area contributed by atoms with Crippen LogP contribution in [0.2, 0.25) is 0 Å². The molecule has 0 radical (unpaired) electrons. The number of benzene rings is 7. The topological polar surface area (TPSA) is 64.3 Å². The highest BCUT2D eigenvalue weighted by molar-refractivity contribution is 6.25. The Bertz CT molecular complexity index is 3230. The van der Waals surface area contributed by atoms with Gasteiger partial charge in [-0.3, -0.25) is 0 Å². The van der Waals surface area contributed by atoms with Crippen molar-refractivity contribution in [3.05, 3.63) is 149 Å². The summed E-state index contributed by atoms with van der Waals surface area (Å²) in [6.45, 7) is 12.7. The van der Waals surface area contributed by atoms with Crippen molar-refractivity contribution in [1.29, 1.82) is 5.26 Å². The Labute approximate surface area is 296 Å². The third-order valence-electron chi connectivity index (χ3n) is 10.7. The molecule has 0 aliphatic rings. The van der Waals surface area contributed by atoms with Crippen LogP contribution >= 0.6 is 0 Å². The Hall–Kier alpha value is -7.28. The van der Waals surface area contributed by atoms with E-state index in [0.717, 1.165) is 98.6 Å². The van der Waals surface area contributed by atoms with Crippen LogP contribution in [-0.4, -0.2) is 9.13 Å². The van der Waals surface area contributed by atoms with E-state index in [-0.39, 0.29) is 0 Å². The third kappa shape index (κ3) is 3.65. The van der Waals surface area contributed by atoms with Crippen molar-refractivity contribution >= 4 is 93.2 Å². The third-order valence-corrected chi connectivity index (χ3v) is 10.7. The molecule has 0 N–H and O–H groups in total. The first-order valence-corrected chi connectivity index (χ1v) is 17.2. The molecule has 0 fully saturated rings. The summed E-state index contributed by atoms with van der Waals surface area (Å²) < 4.78 is 17.3. The van der Waals surface area contributed by atoms with E-state index in [4.69, 9.17) is 15.4 Å². The first-order valence-electron chi connectivity index (χ1n) is 17.2. The van der Waals surface area contributed by atoms with Crippen molar-refractivity contribution in [2.24, 2.45) is 0 Å². The fourth-order valence-electron chi connectivity index (χ4n) is 8.43. The average Bonchev–Trinajstić information content (AvgIpc) is 3.91. The highest BCUT2D eigenvalue weighted by atomic mass is 16.3. The van der Waals surface area contributed by atoms with Crippen LogP contribution in [0.4, 0.5) is 5.69 Å². The molecule has 0 saturated carbocycles. The zero-order valence-corrected chi connectivity index (χ0v) is 28.2. The quantitative estimate of drug-likeness (QED) is 0.173. The van der Waals surface area contributed by atoms with Crippen LogP contribution in [0, 0.1) is 31.8 Å². The number of nitrogens with zero attached hydrogens (tertiary/aromatic N) is 4. The van der Waals surface area contributed by atoms with Gasteiger partial charge in [0.15, 0.2) is 0 Å². The molecule has 0 saturated heterocycles. The van der Waals surface area contributed by atoms with E-state index in [0.29, 0.717) is 22.6 Å². The van der Waals surface area contributed by atoms with Crippen molar-refractivity contribution in [1.82, 2.24) is 9.13 Å². The van der Waals surface area contributed by atoms with Crippen LogP contribution in [-0.2, 0) is 0 Å². The van der Waals surface area contributed by atoms with E-state index in [2.05, 4.69) is 107 Å². The van der Waals surface area contributed by atoms with Crippen LogP contribution in [0.1, 0.15) is 16.7 Å². The number of para-hydroxylation sites is 2. The van der Waals surface area contributed by atoms with Crippen molar-refractivity contribution in [3.63, 3.8) is 0 Å². The van der Waals surface area contributed by atoms with Gasteiger partial charge in [0.1, 0.15) is 28.4 Å². The molecule has 0 aliphatic carbocycles. The molecule has 4 heterocycles. The molecule has 0 aliphatic heterocycles. The molecule has 0 amide bonds. The van der Waals surface area contributed by atoms with Crippen LogP contribution in [0.5, 0.6) is 0 Å². The van der Waals surface area contributed by atoms with Gasteiger partial charge in [0.2, 0.25) is 5.69 Å². The van der Waals surface area contributed by atoms with Gasteiger partial charge in [-0.25, -0.2) is 4.85 Å². The highest BCUT2D eigenvalue weighted by Crippen LogP contribution is 2.45. The maximum absolute atomic E-state index is 10.9.